The molecule has 1 aliphatic heterocycles. The number of para-hydroxylation sites is 1. The highest BCUT2D eigenvalue weighted by molar-refractivity contribution is 6.39. The van der Waals surface area contributed by atoms with E-state index in [2.05, 4.69) is 20.8 Å². The Balaban J connectivity index is 2.22. The first-order valence-corrected chi connectivity index (χ1v) is 6.88. The van der Waals surface area contributed by atoms with Crippen molar-refractivity contribution < 1.29 is 4.79 Å². The summed E-state index contributed by atoms with van der Waals surface area (Å²) in [5, 5.41) is 1.54. The number of carbonyl (C=O) groups excluding carboxylic acids is 1. The monoisotopic (exact) mass is 276 g/mol. The highest BCUT2D eigenvalue weighted by atomic mass is 35.5. The zero-order chi connectivity index (χ0) is 13.8. The summed E-state index contributed by atoms with van der Waals surface area (Å²) in [4.78, 5) is 14.6. The molecular weight excluding hydrogens is 260 g/mol. The average Bonchev–Trinajstić information content (AvgIpc) is 2.64. The Morgan fingerprint density at radius 2 is 1.84 bits per heavy atom. The van der Waals surface area contributed by atoms with Crippen molar-refractivity contribution >= 4 is 28.4 Å². The van der Waals surface area contributed by atoms with E-state index in [4.69, 9.17) is 11.6 Å². The smallest absolute Gasteiger partial charge is 0.272 e. The van der Waals surface area contributed by atoms with E-state index in [1.54, 1.807) is 0 Å². The summed E-state index contributed by atoms with van der Waals surface area (Å²) in [6, 6.07) is 7.92. The SMILES string of the molecule is CC(C)(C)N1CCn2c(c(Cl)c3ccccc32)C1=O. The van der Waals surface area contributed by atoms with E-state index >= 15 is 0 Å². The van der Waals surface area contributed by atoms with Gasteiger partial charge in [0, 0.05) is 24.0 Å². The molecule has 1 aromatic heterocycles. The Kier molecular flexibility index (Phi) is 2.65. The summed E-state index contributed by atoms with van der Waals surface area (Å²) in [5.41, 5.74) is 1.50. The van der Waals surface area contributed by atoms with Crippen LogP contribution in [0.1, 0.15) is 31.3 Å². The molecule has 1 amide bonds. The van der Waals surface area contributed by atoms with Crippen LogP contribution in [-0.4, -0.2) is 27.5 Å². The van der Waals surface area contributed by atoms with E-state index in [1.807, 2.05) is 33.7 Å². The van der Waals surface area contributed by atoms with Crippen LogP contribution in [0, 0.1) is 0 Å². The molecule has 0 radical (unpaired) electrons. The maximum atomic E-state index is 12.7. The molecule has 1 aromatic carbocycles. The molecule has 3 nitrogen and oxygen atoms in total. The fourth-order valence-electron chi connectivity index (χ4n) is 2.77. The van der Waals surface area contributed by atoms with Crippen LogP contribution in [0.4, 0.5) is 0 Å². The zero-order valence-electron chi connectivity index (χ0n) is 11.4. The average molecular weight is 277 g/mol. The van der Waals surface area contributed by atoms with Crippen LogP contribution in [0.15, 0.2) is 24.3 Å². The third-order valence-corrected chi connectivity index (χ3v) is 4.10. The summed E-state index contributed by atoms with van der Waals surface area (Å²) >= 11 is 6.42. The molecule has 2 heterocycles. The number of nitrogens with zero attached hydrogens (tertiary/aromatic N) is 2. The van der Waals surface area contributed by atoms with Crippen molar-refractivity contribution in [1.82, 2.24) is 9.47 Å². The van der Waals surface area contributed by atoms with Gasteiger partial charge in [-0.3, -0.25) is 4.79 Å². The van der Waals surface area contributed by atoms with Gasteiger partial charge in [0.2, 0.25) is 0 Å². The molecule has 0 aliphatic carbocycles. The first kappa shape index (κ1) is 12.5. The third-order valence-electron chi connectivity index (χ3n) is 3.71. The van der Waals surface area contributed by atoms with Crippen LogP contribution < -0.4 is 0 Å². The van der Waals surface area contributed by atoms with Crippen LogP contribution in [0.3, 0.4) is 0 Å². The van der Waals surface area contributed by atoms with Gasteiger partial charge in [-0.2, -0.15) is 0 Å². The number of benzene rings is 1. The van der Waals surface area contributed by atoms with Gasteiger partial charge in [-0.1, -0.05) is 29.8 Å². The number of hydrogen-bond donors (Lipinski definition) is 0. The second-order valence-corrected chi connectivity index (χ2v) is 6.34. The summed E-state index contributed by atoms with van der Waals surface area (Å²) < 4.78 is 2.04. The third kappa shape index (κ3) is 1.76. The van der Waals surface area contributed by atoms with Crippen molar-refractivity contribution in [3.05, 3.63) is 35.0 Å². The molecule has 4 heteroatoms. The van der Waals surface area contributed by atoms with Crippen molar-refractivity contribution in [2.45, 2.75) is 32.9 Å². The highest BCUT2D eigenvalue weighted by Crippen LogP contribution is 2.34. The van der Waals surface area contributed by atoms with Gasteiger partial charge >= 0.3 is 0 Å². The van der Waals surface area contributed by atoms with Gasteiger partial charge in [0.05, 0.1) is 10.5 Å². The highest BCUT2D eigenvalue weighted by Gasteiger charge is 2.35. The lowest BCUT2D eigenvalue weighted by Crippen LogP contribution is -2.50. The van der Waals surface area contributed by atoms with Crippen molar-refractivity contribution in [3.8, 4) is 0 Å². The molecule has 2 aromatic rings. The Bertz CT molecular complexity index is 667. The second kappa shape index (κ2) is 4.01. The predicted molar refractivity (Wildman–Crippen MR) is 77.7 cm³/mol. The predicted octanol–water partition coefficient (Wildman–Crippen LogP) is 3.55. The van der Waals surface area contributed by atoms with Crippen LogP contribution in [-0.2, 0) is 6.54 Å². The number of carbonyl (C=O) groups is 1. The van der Waals surface area contributed by atoms with Crippen LogP contribution in [0.25, 0.3) is 10.9 Å². The fraction of sp³-hybridized carbons (Fsp3) is 0.400. The molecule has 3 rings (SSSR count). The summed E-state index contributed by atoms with van der Waals surface area (Å²) in [6.45, 7) is 7.68. The van der Waals surface area contributed by atoms with Crippen LogP contribution in [0.2, 0.25) is 5.02 Å². The summed E-state index contributed by atoms with van der Waals surface area (Å²) in [6.07, 6.45) is 0. The van der Waals surface area contributed by atoms with Crippen LogP contribution >= 0.6 is 11.6 Å². The van der Waals surface area contributed by atoms with Gasteiger partial charge in [0.1, 0.15) is 5.69 Å². The molecule has 0 N–H and O–H groups in total. The standard InChI is InChI=1S/C15H17ClN2O/c1-15(2,3)18-9-8-17-11-7-5-4-6-10(11)12(16)13(17)14(18)19/h4-7H,8-9H2,1-3H3. The number of amides is 1. The van der Waals surface area contributed by atoms with E-state index in [9.17, 15) is 4.79 Å². The molecule has 0 bridgehead atoms. The van der Waals surface area contributed by atoms with Gasteiger partial charge < -0.3 is 9.47 Å². The topological polar surface area (TPSA) is 25.2 Å². The quantitative estimate of drug-likeness (QED) is 0.722. The molecule has 0 saturated carbocycles. The van der Waals surface area contributed by atoms with E-state index < -0.39 is 0 Å². The lowest BCUT2D eigenvalue weighted by molar-refractivity contribution is 0.0518. The van der Waals surface area contributed by atoms with Gasteiger partial charge in [-0.25, -0.2) is 0 Å². The normalized spacial score (nSPS) is 16.0. The molecule has 0 spiro atoms. The number of fused-ring (bicyclic) bond motifs is 3. The molecule has 1 aliphatic rings. The Hall–Kier alpha value is -1.48. The summed E-state index contributed by atoms with van der Waals surface area (Å²) in [7, 11) is 0. The van der Waals surface area contributed by atoms with Crippen molar-refractivity contribution in [3.63, 3.8) is 0 Å². The molecule has 0 saturated heterocycles. The van der Waals surface area contributed by atoms with Crippen molar-refractivity contribution in [2.75, 3.05) is 6.54 Å². The molecule has 0 fully saturated rings. The first-order valence-electron chi connectivity index (χ1n) is 6.50. The van der Waals surface area contributed by atoms with E-state index in [0.29, 0.717) is 10.7 Å². The Labute approximate surface area is 117 Å². The second-order valence-electron chi connectivity index (χ2n) is 5.96. The van der Waals surface area contributed by atoms with Gasteiger partial charge in [-0.05, 0) is 26.8 Å². The molecular formula is C15H17ClN2O. The number of hydrogen-bond acceptors (Lipinski definition) is 1. The van der Waals surface area contributed by atoms with Gasteiger partial charge in [0.15, 0.2) is 0 Å². The van der Waals surface area contributed by atoms with Crippen LogP contribution in [0.5, 0.6) is 0 Å². The van der Waals surface area contributed by atoms with Crippen molar-refractivity contribution in [1.29, 1.82) is 0 Å². The number of aromatic nitrogens is 1. The molecule has 19 heavy (non-hydrogen) atoms. The van der Waals surface area contributed by atoms with Crippen molar-refractivity contribution in [2.24, 2.45) is 0 Å². The maximum Gasteiger partial charge on any atom is 0.272 e. The zero-order valence-corrected chi connectivity index (χ0v) is 12.2. The lowest BCUT2D eigenvalue weighted by Gasteiger charge is -2.39. The molecule has 0 unspecified atom stereocenters. The van der Waals surface area contributed by atoms with E-state index in [0.717, 1.165) is 24.0 Å². The largest absolute Gasteiger partial charge is 0.333 e. The Morgan fingerprint density at radius 1 is 1.16 bits per heavy atom. The Morgan fingerprint density at radius 3 is 2.53 bits per heavy atom. The minimum Gasteiger partial charge on any atom is -0.333 e. The van der Waals surface area contributed by atoms with Gasteiger partial charge in [0.25, 0.3) is 5.91 Å². The maximum absolute atomic E-state index is 12.7. The van der Waals surface area contributed by atoms with Gasteiger partial charge in [-0.15, -0.1) is 0 Å². The number of halogens is 1. The van der Waals surface area contributed by atoms with E-state index in [-0.39, 0.29) is 11.4 Å². The molecule has 100 valence electrons. The van der Waals surface area contributed by atoms with E-state index in [1.165, 1.54) is 0 Å². The number of rotatable bonds is 0. The minimum atomic E-state index is -0.178. The first-order chi connectivity index (χ1) is 8.91. The minimum absolute atomic E-state index is 0.0277. The lowest BCUT2D eigenvalue weighted by atomic mass is 10.0. The fourth-order valence-corrected chi connectivity index (χ4v) is 3.11. The summed E-state index contributed by atoms with van der Waals surface area (Å²) in [5.74, 6) is 0.0277. The molecule has 0 atom stereocenters.